The number of anilines is 1. The van der Waals surface area contributed by atoms with Crippen LogP contribution in [0.15, 0.2) is 47.1 Å². The van der Waals surface area contributed by atoms with Gasteiger partial charge in [0.25, 0.3) is 0 Å². The van der Waals surface area contributed by atoms with E-state index >= 15 is 0 Å². The minimum Gasteiger partial charge on any atom is -0.467 e. The number of nitrogens with one attached hydrogen (secondary N) is 1. The summed E-state index contributed by atoms with van der Waals surface area (Å²) in [5.74, 6) is 0.747. The molecule has 122 valence electrons. The first-order valence-corrected chi connectivity index (χ1v) is 8.00. The van der Waals surface area contributed by atoms with Gasteiger partial charge >= 0.3 is 0 Å². The monoisotopic (exact) mass is 314 g/mol. The standard InChI is InChI=1S/C18H22N2O3/c1-13(19-12-16(21)17-7-4-10-23-17)14-5-2-6-15(11-14)20-9-3-8-18(20)22/h2,4-7,10-11,13,16,19,21H,3,8-9,12H2,1H3. The molecule has 1 amide bonds. The first-order chi connectivity index (χ1) is 11.1. The lowest BCUT2D eigenvalue weighted by atomic mass is 10.1. The quantitative estimate of drug-likeness (QED) is 0.860. The average Bonchev–Trinajstić information content (AvgIpc) is 3.24. The highest BCUT2D eigenvalue weighted by molar-refractivity contribution is 5.95. The summed E-state index contributed by atoms with van der Waals surface area (Å²) in [4.78, 5) is 13.7. The zero-order chi connectivity index (χ0) is 16.2. The van der Waals surface area contributed by atoms with E-state index in [1.54, 1.807) is 18.4 Å². The van der Waals surface area contributed by atoms with Crippen LogP contribution in [0.25, 0.3) is 0 Å². The third-order valence-electron chi connectivity index (χ3n) is 4.24. The van der Waals surface area contributed by atoms with Gasteiger partial charge in [-0.2, -0.15) is 0 Å². The van der Waals surface area contributed by atoms with Crippen LogP contribution in [0.2, 0.25) is 0 Å². The maximum atomic E-state index is 11.9. The SMILES string of the molecule is CC(NCC(O)c1ccco1)c1cccc(N2CCCC2=O)c1. The van der Waals surface area contributed by atoms with Gasteiger partial charge < -0.3 is 19.7 Å². The summed E-state index contributed by atoms with van der Waals surface area (Å²) in [6.45, 7) is 3.24. The Morgan fingerprint density at radius 2 is 2.22 bits per heavy atom. The molecule has 5 nitrogen and oxygen atoms in total. The Kier molecular flexibility index (Phi) is 4.79. The predicted molar refractivity (Wildman–Crippen MR) is 88.1 cm³/mol. The number of aliphatic hydroxyl groups is 1. The van der Waals surface area contributed by atoms with Crippen molar-refractivity contribution in [3.8, 4) is 0 Å². The Hall–Kier alpha value is -2.11. The Morgan fingerprint density at radius 1 is 1.35 bits per heavy atom. The molecular formula is C18H22N2O3. The van der Waals surface area contributed by atoms with Crippen LogP contribution >= 0.6 is 0 Å². The van der Waals surface area contributed by atoms with Crippen molar-refractivity contribution in [1.29, 1.82) is 0 Å². The summed E-state index contributed by atoms with van der Waals surface area (Å²) in [6.07, 6.45) is 2.44. The van der Waals surface area contributed by atoms with Gasteiger partial charge in [0, 0.05) is 31.2 Å². The molecule has 3 rings (SSSR count). The molecule has 0 aliphatic carbocycles. The number of carbonyl (C=O) groups excluding carboxylic acids is 1. The molecule has 2 N–H and O–H groups in total. The van der Waals surface area contributed by atoms with Crippen molar-refractivity contribution in [3.63, 3.8) is 0 Å². The molecule has 5 heteroatoms. The van der Waals surface area contributed by atoms with Crippen molar-refractivity contribution in [2.75, 3.05) is 18.0 Å². The van der Waals surface area contributed by atoms with Crippen LogP contribution in [0.3, 0.4) is 0 Å². The summed E-state index contributed by atoms with van der Waals surface area (Å²) in [6, 6.07) is 11.6. The summed E-state index contributed by atoms with van der Waals surface area (Å²) >= 11 is 0. The predicted octanol–water partition coefficient (Wildman–Crippen LogP) is 2.79. The van der Waals surface area contributed by atoms with Gasteiger partial charge in [-0.15, -0.1) is 0 Å². The molecule has 0 spiro atoms. The Morgan fingerprint density at radius 3 is 2.91 bits per heavy atom. The Balaban J connectivity index is 1.63. The molecule has 0 bridgehead atoms. The van der Waals surface area contributed by atoms with Crippen molar-refractivity contribution in [2.45, 2.75) is 31.9 Å². The summed E-state index contributed by atoms with van der Waals surface area (Å²) < 4.78 is 5.20. The van der Waals surface area contributed by atoms with E-state index in [9.17, 15) is 9.90 Å². The average molecular weight is 314 g/mol. The van der Waals surface area contributed by atoms with Crippen LogP contribution in [0.5, 0.6) is 0 Å². The highest BCUT2D eigenvalue weighted by atomic mass is 16.4. The first-order valence-electron chi connectivity index (χ1n) is 8.00. The van der Waals surface area contributed by atoms with Crippen molar-refractivity contribution in [1.82, 2.24) is 5.32 Å². The summed E-state index contributed by atoms with van der Waals surface area (Å²) in [5, 5.41) is 13.4. The molecule has 2 unspecified atom stereocenters. The van der Waals surface area contributed by atoms with E-state index in [0.717, 1.165) is 24.2 Å². The fourth-order valence-corrected chi connectivity index (χ4v) is 2.87. The summed E-state index contributed by atoms with van der Waals surface area (Å²) in [7, 11) is 0. The van der Waals surface area contributed by atoms with E-state index in [0.29, 0.717) is 18.7 Å². The maximum Gasteiger partial charge on any atom is 0.227 e. The second kappa shape index (κ2) is 6.98. The highest BCUT2D eigenvalue weighted by Crippen LogP contribution is 2.25. The lowest BCUT2D eigenvalue weighted by molar-refractivity contribution is -0.117. The second-order valence-electron chi connectivity index (χ2n) is 5.91. The van der Waals surface area contributed by atoms with Gasteiger partial charge in [0.05, 0.1) is 6.26 Å². The molecule has 1 aromatic heterocycles. The van der Waals surface area contributed by atoms with E-state index in [2.05, 4.69) is 5.32 Å². The van der Waals surface area contributed by atoms with Gasteiger partial charge in [-0.3, -0.25) is 4.79 Å². The molecule has 1 saturated heterocycles. The number of benzene rings is 1. The molecule has 2 aromatic rings. The Labute approximate surface area is 135 Å². The number of amides is 1. The van der Waals surface area contributed by atoms with Crippen LogP contribution in [0, 0.1) is 0 Å². The van der Waals surface area contributed by atoms with Crippen LogP contribution in [-0.4, -0.2) is 24.1 Å². The van der Waals surface area contributed by atoms with Crippen LogP contribution in [-0.2, 0) is 4.79 Å². The molecule has 2 heterocycles. The van der Waals surface area contributed by atoms with Crippen molar-refractivity contribution < 1.29 is 14.3 Å². The Bertz CT molecular complexity index is 654. The van der Waals surface area contributed by atoms with Crippen molar-refractivity contribution in [2.24, 2.45) is 0 Å². The van der Waals surface area contributed by atoms with Gasteiger partial charge in [0.15, 0.2) is 0 Å². The third-order valence-corrected chi connectivity index (χ3v) is 4.24. The molecule has 0 radical (unpaired) electrons. The minimum absolute atomic E-state index is 0.0669. The third kappa shape index (κ3) is 3.63. The van der Waals surface area contributed by atoms with Gasteiger partial charge in [0.1, 0.15) is 11.9 Å². The van der Waals surface area contributed by atoms with E-state index in [1.165, 1.54) is 0 Å². The van der Waals surface area contributed by atoms with Crippen molar-refractivity contribution in [3.05, 3.63) is 54.0 Å². The van der Waals surface area contributed by atoms with Gasteiger partial charge in [-0.1, -0.05) is 12.1 Å². The minimum atomic E-state index is -0.671. The number of hydrogen-bond acceptors (Lipinski definition) is 4. The van der Waals surface area contributed by atoms with E-state index in [1.807, 2.05) is 36.1 Å². The molecule has 1 fully saturated rings. The smallest absolute Gasteiger partial charge is 0.227 e. The molecular weight excluding hydrogens is 292 g/mol. The van der Waals surface area contributed by atoms with Crippen LogP contribution in [0.4, 0.5) is 5.69 Å². The lowest BCUT2D eigenvalue weighted by Gasteiger charge is -2.20. The molecule has 23 heavy (non-hydrogen) atoms. The zero-order valence-electron chi connectivity index (χ0n) is 13.2. The number of hydrogen-bond donors (Lipinski definition) is 2. The van der Waals surface area contributed by atoms with Gasteiger partial charge in [-0.05, 0) is 43.2 Å². The van der Waals surface area contributed by atoms with Gasteiger partial charge in [-0.25, -0.2) is 0 Å². The molecule has 2 atom stereocenters. The number of nitrogens with zero attached hydrogens (tertiary/aromatic N) is 1. The first kappa shape index (κ1) is 15.8. The number of aliphatic hydroxyl groups excluding tert-OH is 1. The van der Waals surface area contributed by atoms with Crippen LogP contribution in [0.1, 0.15) is 43.2 Å². The van der Waals surface area contributed by atoms with Gasteiger partial charge in [0.2, 0.25) is 5.91 Å². The number of furan rings is 1. The van der Waals surface area contributed by atoms with Crippen LogP contribution < -0.4 is 10.2 Å². The lowest BCUT2D eigenvalue weighted by Crippen LogP contribution is -2.26. The highest BCUT2D eigenvalue weighted by Gasteiger charge is 2.22. The maximum absolute atomic E-state index is 11.9. The van der Waals surface area contributed by atoms with Crippen molar-refractivity contribution >= 4 is 11.6 Å². The second-order valence-corrected chi connectivity index (χ2v) is 5.91. The normalized spacial score (nSPS) is 17.5. The molecule has 1 aromatic carbocycles. The fourth-order valence-electron chi connectivity index (χ4n) is 2.87. The topological polar surface area (TPSA) is 65.7 Å². The van der Waals surface area contributed by atoms with E-state index < -0.39 is 6.10 Å². The largest absolute Gasteiger partial charge is 0.467 e. The molecule has 1 aliphatic heterocycles. The number of rotatable bonds is 6. The number of carbonyl (C=O) groups is 1. The van der Waals surface area contributed by atoms with E-state index in [4.69, 9.17) is 4.42 Å². The molecule has 1 aliphatic rings. The molecule has 0 saturated carbocycles. The summed E-state index contributed by atoms with van der Waals surface area (Å²) in [5.41, 5.74) is 2.04. The zero-order valence-corrected chi connectivity index (χ0v) is 13.2. The fraction of sp³-hybridized carbons (Fsp3) is 0.389. The van der Waals surface area contributed by atoms with E-state index in [-0.39, 0.29) is 11.9 Å².